The second-order valence-electron chi connectivity index (χ2n) is 7.84. The first kappa shape index (κ1) is 24.1. The number of aryl methyl sites for hydroxylation is 2. The summed E-state index contributed by atoms with van der Waals surface area (Å²) in [5.41, 5.74) is 3.13. The number of carbonyl (C=O) groups is 1. The number of hydrogen-bond donors (Lipinski definition) is 1. The minimum absolute atomic E-state index is 0.0448. The van der Waals surface area contributed by atoms with Crippen LogP contribution in [-0.4, -0.2) is 45.9 Å². The summed E-state index contributed by atoms with van der Waals surface area (Å²) in [6.07, 6.45) is 2.60. The van der Waals surface area contributed by atoms with Crippen LogP contribution in [0.2, 0.25) is 0 Å². The molecule has 0 aliphatic carbocycles. The van der Waals surface area contributed by atoms with Crippen LogP contribution in [0.4, 0.5) is 5.69 Å². The zero-order valence-corrected chi connectivity index (χ0v) is 20.0. The van der Waals surface area contributed by atoms with Gasteiger partial charge in [0.15, 0.2) is 0 Å². The highest BCUT2D eigenvalue weighted by Gasteiger charge is 2.34. The van der Waals surface area contributed by atoms with Crippen LogP contribution in [0.15, 0.2) is 41.3 Å². The third kappa shape index (κ3) is 4.91. The van der Waals surface area contributed by atoms with Gasteiger partial charge in [0.2, 0.25) is 15.9 Å². The lowest BCUT2D eigenvalue weighted by molar-refractivity contribution is -0.120. The van der Waals surface area contributed by atoms with Crippen LogP contribution in [-0.2, 0) is 27.7 Å². The lowest BCUT2D eigenvalue weighted by atomic mass is 9.96. The Hall–Kier alpha value is -2.58. The summed E-state index contributed by atoms with van der Waals surface area (Å²) in [4.78, 5) is 13.1. The zero-order chi connectivity index (χ0) is 23.3. The Bertz CT molecular complexity index is 1040. The van der Waals surface area contributed by atoms with Crippen LogP contribution in [0, 0.1) is 5.92 Å². The second-order valence-corrected chi connectivity index (χ2v) is 9.75. The number of rotatable bonds is 8. The molecule has 1 fully saturated rings. The van der Waals surface area contributed by atoms with Crippen molar-refractivity contribution in [2.45, 2.75) is 44.4 Å². The molecule has 32 heavy (non-hydrogen) atoms. The van der Waals surface area contributed by atoms with Crippen molar-refractivity contribution in [3.8, 4) is 11.5 Å². The van der Waals surface area contributed by atoms with Crippen molar-refractivity contribution in [1.82, 2.24) is 4.31 Å². The molecule has 0 atom stereocenters. The first-order chi connectivity index (χ1) is 15.3. The number of ether oxygens (including phenoxy) is 2. The molecule has 1 amide bonds. The molecular formula is C24H32N2O5S. The molecule has 1 heterocycles. The van der Waals surface area contributed by atoms with Crippen molar-refractivity contribution in [3.05, 3.63) is 47.5 Å². The lowest BCUT2D eigenvalue weighted by Gasteiger charge is -2.31. The van der Waals surface area contributed by atoms with E-state index in [9.17, 15) is 13.2 Å². The highest BCUT2D eigenvalue weighted by atomic mass is 32.2. The predicted molar refractivity (Wildman–Crippen MR) is 125 cm³/mol. The smallest absolute Gasteiger partial charge is 0.246 e. The molecule has 1 saturated heterocycles. The Morgan fingerprint density at radius 1 is 1.03 bits per heavy atom. The van der Waals surface area contributed by atoms with E-state index in [4.69, 9.17) is 9.47 Å². The van der Waals surface area contributed by atoms with Crippen LogP contribution in [0.3, 0.4) is 0 Å². The number of sulfonamides is 1. The summed E-state index contributed by atoms with van der Waals surface area (Å²) < 4.78 is 38.4. The number of hydrogen-bond acceptors (Lipinski definition) is 5. The predicted octanol–water partition coefficient (Wildman–Crippen LogP) is 3.87. The number of carbonyl (C=O) groups excluding carboxylic acids is 1. The lowest BCUT2D eigenvalue weighted by Crippen LogP contribution is -2.41. The largest absolute Gasteiger partial charge is 0.497 e. The van der Waals surface area contributed by atoms with Crippen LogP contribution in [0.25, 0.3) is 0 Å². The molecule has 0 saturated carbocycles. The van der Waals surface area contributed by atoms with Crippen LogP contribution >= 0.6 is 0 Å². The van der Waals surface area contributed by atoms with E-state index in [1.54, 1.807) is 12.1 Å². The summed E-state index contributed by atoms with van der Waals surface area (Å²) in [5.74, 6) is 0.439. The van der Waals surface area contributed by atoms with Crippen molar-refractivity contribution < 1.29 is 22.7 Å². The van der Waals surface area contributed by atoms with Gasteiger partial charge in [-0.15, -0.1) is 0 Å². The maximum absolute atomic E-state index is 13.3. The highest BCUT2D eigenvalue weighted by Crippen LogP contribution is 2.33. The highest BCUT2D eigenvalue weighted by molar-refractivity contribution is 7.89. The molecule has 0 unspecified atom stereocenters. The van der Waals surface area contributed by atoms with Crippen LogP contribution in [0.1, 0.15) is 37.8 Å². The van der Waals surface area contributed by atoms with Crippen molar-refractivity contribution in [2.24, 2.45) is 5.92 Å². The molecule has 8 heteroatoms. The van der Waals surface area contributed by atoms with Gasteiger partial charge in [-0.3, -0.25) is 4.79 Å². The standard InChI is InChI=1S/C24H32N2O5S/c1-5-17-8-7-9-18(6-2)23(17)25-24(27)19-12-14-26(15-13-19)32(28,29)22-16-20(30-3)10-11-21(22)31-4/h7-11,16,19H,5-6,12-15H2,1-4H3,(H,25,27). The summed E-state index contributed by atoms with van der Waals surface area (Å²) >= 11 is 0. The van der Waals surface area contributed by atoms with Gasteiger partial charge in [0.05, 0.1) is 14.2 Å². The van der Waals surface area contributed by atoms with Gasteiger partial charge in [0, 0.05) is 30.8 Å². The molecule has 0 bridgehead atoms. The van der Waals surface area contributed by atoms with E-state index in [-0.39, 0.29) is 35.6 Å². The normalized spacial score (nSPS) is 15.4. The SMILES string of the molecule is CCc1cccc(CC)c1NC(=O)C1CCN(S(=O)(=O)c2cc(OC)ccc2OC)CC1. The fourth-order valence-electron chi connectivity index (χ4n) is 4.11. The number of nitrogens with one attached hydrogen (secondary N) is 1. The van der Waals surface area contributed by atoms with Crippen molar-refractivity contribution in [1.29, 1.82) is 0 Å². The molecular weight excluding hydrogens is 428 g/mol. The molecule has 1 N–H and O–H groups in total. The quantitative estimate of drug-likeness (QED) is 0.646. The summed E-state index contributed by atoms with van der Waals surface area (Å²) in [7, 11) is -0.840. The molecule has 3 rings (SSSR count). The Morgan fingerprint density at radius 2 is 1.66 bits per heavy atom. The Kier molecular flexibility index (Phi) is 7.79. The average molecular weight is 461 g/mol. The van der Waals surface area contributed by atoms with Crippen molar-refractivity contribution >= 4 is 21.6 Å². The average Bonchev–Trinajstić information content (AvgIpc) is 2.83. The monoisotopic (exact) mass is 460 g/mol. The van der Waals surface area contributed by atoms with Crippen molar-refractivity contribution in [3.63, 3.8) is 0 Å². The molecule has 174 valence electrons. The zero-order valence-electron chi connectivity index (χ0n) is 19.2. The third-order valence-electron chi connectivity index (χ3n) is 6.06. The molecule has 1 aliphatic heterocycles. The summed E-state index contributed by atoms with van der Waals surface area (Å²) in [6.45, 7) is 4.69. The van der Waals surface area contributed by atoms with Gasteiger partial charge >= 0.3 is 0 Å². The first-order valence-corrected chi connectivity index (χ1v) is 12.4. The van der Waals surface area contributed by atoms with Gasteiger partial charge < -0.3 is 14.8 Å². The molecule has 2 aromatic rings. The molecule has 0 aromatic heterocycles. The third-order valence-corrected chi connectivity index (χ3v) is 7.98. The number of benzene rings is 2. The Balaban J connectivity index is 1.72. The molecule has 7 nitrogen and oxygen atoms in total. The van der Waals surface area contributed by atoms with Gasteiger partial charge in [-0.2, -0.15) is 4.31 Å². The molecule has 2 aromatic carbocycles. The minimum Gasteiger partial charge on any atom is -0.497 e. The number of piperidine rings is 1. The second kappa shape index (κ2) is 10.4. The van der Waals surface area contributed by atoms with Crippen molar-refractivity contribution in [2.75, 3.05) is 32.6 Å². The van der Waals surface area contributed by atoms with Gasteiger partial charge in [0.1, 0.15) is 16.4 Å². The fraction of sp³-hybridized carbons (Fsp3) is 0.458. The maximum atomic E-state index is 13.3. The van der Waals surface area contributed by atoms with E-state index < -0.39 is 10.0 Å². The Morgan fingerprint density at radius 3 is 2.19 bits per heavy atom. The van der Waals surface area contributed by atoms with Gasteiger partial charge in [-0.1, -0.05) is 32.0 Å². The number of methoxy groups -OCH3 is 2. The fourth-order valence-corrected chi connectivity index (χ4v) is 5.75. The van der Waals surface area contributed by atoms with Crippen LogP contribution in [0.5, 0.6) is 11.5 Å². The van der Waals surface area contributed by atoms with E-state index in [2.05, 4.69) is 19.2 Å². The first-order valence-electron chi connectivity index (χ1n) is 11.0. The molecule has 0 spiro atoms. The van der Waals surface area contributed by atoms with Gasteiger partial charge in [-0.05, 0) is 48.9 Å². The van der Waals surface area contributed by atoms with E-state index in [1.807, 2.05) is 18.2 Å². The van der Waals surface area contributed by atoms with E-state index in [1.165, 1.54) is 24.6 Å². The van der Waals surface area contributed by atoms with E-state index in [0.717, 1.165) is 29.7 Å². The number of amides is 1. The van der Waals surface area contributed by atoms with E-state index >= 15 is 0 Å². The number of anilines is 1. The summed E-state index contributed by atoms with van der Waals surface area (Å²) in [5, 5.41) is 3.13. The van der Waals surface area contributed by atoms with E-state index in [0.29, 0.717) is 18.6 Å². The summed E-state index contributed by atoms with van der Waals surface area (Å²) in [6, 6.07) is 10.8. The molecule has 1 aliphatic rings. The molecule has 0 radical (unpaired) electrons. The minimum atomic E-state index is -3.77. The topological polar surface area (TPSA) is 84.9 Å². The maximum Gasteiger partial charge on any atom is 0.246 e. The number of para-hydroxylation sites is 1. The number of nitrogens with zero attached hydrogens (tertiary/aromatic N) is 1. The Labute approximate surface area is 190 Å². The van der Waals surface area contributed by atoms with Gasteiger partial charge in [-0.25, -0.2) is 8.42 Å². The van der Waals surface area contributed by atoms with Gasteiger partial charge in [0.25, 0.3) is 0 Å². The van der Waals surface area contributed by atoms with Crippen LogP contribution < -0.4 is 14.8 Å².